The van der Waals surface area contributed by atoms with Crippen molar-refractivity contribution in [2.45, 2.75) is 0 Å². The topological polar surface area (TPSA) is 47.6 Å². The Hall–Kier alpha value is -1.92. The highest BCUT2D eigenvalue weighted by molar-refractivity contribution is 7.12. The molecule has 0 saturated carbocycles. The van der Waals surface area contributed by atoms with E-state index < -0.39 is 5.82 Å². The zero-order valence-electron chi connectivity index (χ0n) is 10.9. The predicted octanol–water partition coefficient (Wildman–Crippen LogP) is 3.16. The van der Waals surface area contributed by atoms with Crippen LogP contribution < -0.4 is 10.1 Å². The van der Waals surface area contributed by atoms with Crippen LogP contribution in [-0.2, 0) is 4.74 Å². The number of rotatable bonds is 6. The molecule has 0 aliphatic heterocycles. The molecule has 0 unspecified atom stereocenters. The molecule has 1 N–H and O–H groups in total. The number of benzene rings is 1. The van der Waals surface area contributed by atoms with Crippen LogP contribution in [0.1, 0.15) is 9.67 Å². The van der Waals surface area contributed by atoms with E-state index in [9.17, 15) is 9.18 Å². The molecular formula is C14H14FNO3S. The normalized spacial score (nSPS) is 10.3. The first-order valence-electron chi connectivity index (χ1n) is 5.97. The molecule has 0 atom stereocenters. The summed E-state index contributed by atoms with van der Waals surface area (Å²) >= 11 is 1.32. The Bertz CT molecular complexity index is 572. The van der Waals surface area contributed by atoms with E-state index in [1.807, 2.05) is 0 Å². The van der Waals surface area contributed by atoms with Gasteiger partial charge in [0.05, 0.1) is 17.2 Å². The van der Waals surface area contributed by atoms with Crippen LogP contribution in [0.15, 0.2) is 35.7 Å². The van der Waals surface area contributed by atoms with Gasteiger partial charge in [-0.2, -0.15) is 0 Å². The molecule has 1 aromatic heterocycles. The largest absolute Gasteiger partial charge is 0.489 e. The number of amides is 1. The summed E-state index contributed by atoms with van der Waals surface area (Å²) in [6.45, 7) is 0.736. The van der Waals surface area contributed by atoms with Gasteiger partial charge in [-0.3, -0.25) is 4.79 Å². The highest BCUT2D eigenvalue weighted by atomic mass is 32.1. The number of anilines is 1. The lowest BCUT2D eigenvalue weighted by molar-refractivity contribution is 0.102. The first kappa shape index (κ1) is 14.5. The SMILES string of the molecule is COCCOc1ccc(F)cc1NC(=O)c1cccs1. The number of ether oxygens (including phenoxy) is 2. The van der Waals surface area contributed by atoms with E-state index in [0.29, 0.717) is 29.5 Å². The van der Waals surface area contributed by atoms with Gasteiger partial charge < -0.3 is 14.8 Å². The summed E-state index contributed by atoms with van der Waals surface area (Å²) in [4.78, 5) is 12.5. The fraction of sp³-hybridized carbons (Fsp3) is 0.214. The minimum absolute atomic E-state index is 0.290. The van der Waals surface area contributed by atoms with E-state index >= 15 is 0 Å². The fourth-order valence-electron chi connectivity index (χ4n) is 1.55. The third-order valence-electron chi connectivity index (χ3n) is 2.48. The van der Waals surface area contributed by atoms with Crippen LogP contribution in [0.4, 0.5) is 10.1 Å². The summed E-state index contributed by atoms with van der Waals surface area (Å²) in [6, 6.07) is 7.47. The second kappa shape index (κ2) is 7.02. The fourth-order valence-corrected chi connectivity index (χ4v) is 2.17. The van der Waals surface area contributed by atoms with E-state index in [1.165, 1.54) is 29.5 Å². The third kappa shape index (κ3) is 3.79. The van der Waals surface area contributed by atoms with Crippen molar-refractivity contribution >= 4 is 22.9 Å². The van der Waals surface area contributed by atoms with Gasteiger partial charge in [-0.25, -0.2) is 4.39 Å². The van der Waals surface area contributed by atoms with Crippen molar-refractivity contribution < 1.29 is 18.7 Å². The number of thiophene rings is 1. The van der Waals surface area contributed by atoms with Crippen molar-refractivity contribution in [3.63, 3.8) is 0 Å². The van der Waals surface area contributed by atoms with Gasteiger partial charge in [0.15, 0.2) is 0 Å². The quantitative estimate of drug-likeness (QED) is 0.833. The highest BCUT2D eigenvalue weighted by Gasteiger charge is 2.11. The first-order valence-corrected chi connectivity index (χ1v) is 6.85. The van der Waals surface area contributed by atoms with Crippen molar-refractivity contribution in [3.8, 4) is 5.75 Å². The average molecular weight is 295 g/mol. The summed E-state index contributed by atoms with van der Waals surface area (Å²) in [5.41, 5.74) is 0.305. The van der Waals surface area contributed by atoms with Crippen LogP contribution in [0, 0.1) is 5.82 Å². The summed E-state index contributed by atoms with van der Waals surface area (Å²) < 4.78 is 23.6. The maximum Gasteiger partial charge on any atom is 0.265 e. The lowest BCUT2D eigenvalue weighted by Gasteiger charge is -2.12. The number of methoxy groups -OCH3 is 1. The molecule has 0 aliphatic carbocycles. The number of hydrogen-bond donors (Lipinski definition) is 1. The van der Waals surface area contributed by atoms with E-state index in [4.69, 9.17) is 9.47 Å². The lowest BCUT2D eigenvalue weighted by Crippen LogP contribution is -2.13. The van der Waals surface area contributed by atoms with Crippen molar-refractivity contribution in [1.29, 1.82) is 0 Å². The van der Waals surface area contributed by atoms with Gasteiger partial charge in [0.2, 0.25) is 0 Å². The van der Waals surface area contributed by atoms with Crippen LogP contribution >= 0.6 is 11.3 Å². The molecule has 1 amide bonds. The maximum absolute atomic E-state index is 13.3. The molecule has 2 rings (SSSR count). The van der Waals surface area contributed by atoms with Crippen molar-refractivity contribution in [2.24, 2.45) is 0 Å². The van der Waals surface area contributed by atoms with E-state index in [1.54, 1.807) is 24.6 Å². The zero-order valence-corrected chi connectivity index (χ0v) is 11.7. The van der Waals surface area contributed by atoms with Crippen LogP contribution in [0.5, 0.6) is 5.75 Å². The van der Waals surface area contributed by atoms with E-state index in [2.05, 4.69) is 5.32 Å². The van der Waals surface area contributed by atoms with Gasteiger partial charge in [-0.15, -0.1) is 11.3 Å². The Morgan fingerprint density at radius 1 is 1.35 bits per heavy atom. The van der Waals surface area contributed by atoms with Crippen LogP contribution in [0.25, 0.3) is 0 Å². The zero-order chi connectivity index (χ0) is 14.4. The Morgan fingerprint density at radius 2 is 2.20 bits per heavy atom. The molecule has 1 heterocycles. The first-order chi connectivity index (χ1) is 9.70. The van der Waals surface area contributed by atoms with Crippen LogP contribution in [-0.4, -0.2) is 26.2 Å². The molecule has 2 aromatic rings. The number of nitrogens with one attached hydrogen (secondary N) is 1. The van der Waals surface area contributed by atoms with Crippen LogP contribution in [0.2, 0.25) is 0 Å². The van der Waals surface area contributed by atoms with E-state index in [0.717, 1.165) is 0 Å². The number of hydrogen-bond acceptors (Lipinski definition) is 4. The molecule has 6 heteroatoms. The molecule has 106 valence electrons. The second-order valence-electron chi connectivity index (χ2n) is 3.91. The lowest BCUT2D eigenvalue weighted by atomic mass is 10.2. The van der Waals surface area contributed by atoms with Crippen molar-refractivity contribution in [2.75, 3.05) is 25.6 Å². The molecule has 0 saturated heterocycles. The molecule has 0 bridgehead atoms. The van der Waals surface area contributed by atoms with Gasteiger partial charge in [0.1, 0.15) is 18.2 Å². The molecule has 20 heavy (non-hydrogen) atoms. The van der Waals surface area contributed by atoms with E-state index in [-0.39, 0.29) is 5.91 Å². The molecule has 0 aliphatic rings. The molecule has 1 aromatic carbocycles. The Morgan fingerprint density at radius 3 is 2.90 bits per heavy atom. The number of halogens is 1. The Labute approximate surface area is 120 Å². The third-order valence-corrected chi connectivity index (χ3v) is 3.35. The standard InChI is InChI=1S/C14H14FNO3S/c1-18-6-7-19-12-5-4-10(15)9-11(12)16-14(17)13-3-2-8-20-13/h2-5,8-9H,6-7H2,1H3,(H,16,17). The molecule has 4 nitrogen and oxygen atoms in total. The Balaban J connectivity index is 2.12. The van der Waals surface area contributed by atoms with Crippen molar-refractivity contribution in [3.05, 3.63) is 46.4 Å². The van der Waals surface area contributed by atoms with Gasteiger partial charge >= 0.3 is 0 Å². The average Bonchev–Trinajstić information content (AvgIpc) is 2.95. The van der Waals surface area contributed by atoms with Crippen LogP contribution in [0.3, 0.4) is 0 Å². The Kier molecular flexibility index (Phi) is 5.09. The summed E-state index contributed by atoms with van der Waals surface area (Å²) in [5, 5.41) is 4.45. The summed E-state index contributed by atoms with van der Waals surface area (Å²) in [7, 11) is 1.56. The van der Waals surface area contributed by atoms with Crippen molar-refractivity contribution in [1.82, 2.24) is 0 Å². The molecule has 0 fully saturated rings. The summed E-state index contributed by atoms with van der Waals surface area (Å²) in [6.07, 6.45) is 0. The maximum atomic E-state index is 13.3. The molecule has 0 radical (unpaired) electrons. The van der Waals surface area contributed by atoms with Gasteiger partial charge in [-0.05, 0) is 23.6 Å². The second-order valence-corrected chi connectivity index (χ2v) is 4.86. The minimum atomic E-state index is -0.439. The number of carbonyl (C=O) groups excluding carboxylic acids is 1. The number of carbonyl (C=O) groups is 1. The van der Waals surface area contributed by atoms with Gasteiger partial charge in [-0.1, -0.05) is 6.07 Å². The highest BCUT2D eigenvalue weighted by Crippen LogP contribution is 2.26. The van der Waals surface area contributed by atoms with Gasteiger partial charge in [0, 0.05) is 13.2 Å². The smallest absolute Gasteiger partial charge is 0.265 e. The molecule has 0 spiro atoms. The monoisotopic (exact) mass is 295 g/mol. The minimum Gasteiger partial charge on any atom is -0.489 e. The molecular weight excluding hydrogens is 281 g/mol. The summed E-state index contributed by atoms with van der Waals surface area (Å²) in [5.74, 6) is -0.318. The predicted molar refractivity (Wildman–Crippen MR) is 76.0 cm³/mol. The van der Waals surface area contributed by atoms with Gasteiger partial charge in [0.25, 0.3) is 5.91 Å².